The van der Waals surface area contributed by atoms with Gasteiger partial charge in [0.15, 0.2) is 5.25 Å². The summed E-state index contributed by atoms with van der Waals surface area (Å²) in [6.45, 7) is 5.11. The molecule has 9 heteroatoms. The number of hydrogen-bond acceptors (Lipinski definition) is 5. The summed E-state index contributed by atoms with van der Waals surface area (Å²) in [6, 6.07) is 4.12. The summed E-state index contributed by atoms with van der Waals surface area (Å²) in [6.07, 6.45) is 0.698. The Kier molecular flexibility index (Phi) is 4.19. The summed E-state index contributed by atoms with van der Waals surface area (Å²) in [7, 11) is -1.97. The number of carbonyl (C=O) groups is 2. The number of aryl methyl sites for hydroxylation is 1. The van der Waals surface area contributed by atoms with Gasteiger partial charge < -0.3 is 10.2 Å². The molecule has 8 nitrogen and oxygen atoms in total. The van der Waals surface area contributed by atoms with E-state index in [2.05, 4.69) is 15.5 Å². The number of amides is 3. The molecule has 0 aromatic heterocycles. The first-order valence-electron chi connectivity index (χ1n) is 9.14. The smallest absolute Gasteiger partial charge is 0.321 e. The molecule has 0 radical (unpaired) electrons. The average molecular weight is 392 g/mol. The lowest BCUT2D eigenvalue weighted by molar-refractivity contribution is -0.120. The molecule has 4 rings (SSSR count). The van der Waals surface area contributed by atoms with Crippen molar-refractivity contribution in [3.63, 3.8) is 0 Å². The highest BCUT2D eigenvalue weighted by Gasteiger charge is 2.52. The molecule has 4 unspecified atom stereocenters. The molecule has 3 aliphatic heterocycles. The van der Waals surface area contributed by atoms with Gasteiger partial charge in [0.2, 0.25) is 15.9 Å². The van der Waals surface area contributed by atoms with E-state index in [0.29, 0.717) is 12.1 Å². The van der Waals surface area contributed by atoms with Crippen LogP contribution in [0.4, 0.5) is 10.5 Å². The summed E-state index contributed by atoms with van der Waals surface area (Å²) in [5.74, 6) is -0.693. The van der Waals surface area contributed by atoms with Crippen LogP contribution in [-0.2, 0) is 14.8 Å². The minimum Gasteiger partial charge on any atom is -0.333 e. The van der Waals surface area contributed by atoms with Crippen molar-refractivity contribution in [1.29, 1.82) is 0 Å². The number of likely N-dealkylation sites (N-methyl/N-ethyl adjacent to an activating group) is 1. The van der Waals surface area contributed by atoms with E-state index in [0.717, 1.165) is 24.2 Å². The van der Waals surface area contributed by atoms with Gasteiger partial charge in [0.1, 0.15) is 0 Å². The van der Waals surface area contributed by atoms with Crippen LogP contribution in [0, 0.1) is 6.92 Å². The fraction of sp³-hybridized carbons (Fsp3) is 0.556. The molecule has 146 valence electrons. The highest BCUT2D eigenvalue weighted by molar-refractivity contribution is 7.94. The first-order chi connectivity index (χ1) is 12.7. The highest BCUT2D eigenvalue weighted by atomic mass is 32.2. The number of fused-ring (bicyclic) bond motifs is 3. The van der Waals surface area contributed by atoms with E-state index in [1.54, 1.807) is 6.92 Å². The molecule has 2 N–H and O–H groups in total. The first kappa shape index (κ1) is 18.2. The van der Waals surface area contributed by atoms with Gasteiger partial charge in [-0.1, -0.05) is 17.7 Å². The van der Waals surface area contributed by atoms with Crippen molar-refractivity contribution < 1.29 is 18.0 Å². The standard InChI is InChI=1S/C18H24N4O4S/c1-10-4-5-14-12(8-10)13-9-21(3)7-6-15(13)22(14)27(25,26)16-11(2)19-18(24)20-17(16)23/h4-5,8,11,13,15-16H,6-7,9H2,1-3H3,(H2,19,20,23,24). The number of likely N-dealkylation sites (tertiary alicyclic amines) is 1. The molecule has 4 atom stereocenters. The van der Waals surface area contributed by atoms with Gasteiger partial charge in [-0.3, -0.25) is 14.4 Å². The Morgan fingerprint density at radius 1 is 1.22 bits per heavy atom. The van der Waals surface area contributed by atoms with Gasteiger partial charge in [0.05, 0.1) is 17.8 Å². The zero-order valence-electron chi connectivity index (χ0n) is 15.6. The molecule has 0 spiro atoms. The van der Waals surface area contributed by atoms with Gasteiger partial charge >= 0.3 is 6.03 Å². The van der Waals surface area contributed by atoms with Crippen LogP contribution in [0.15, 0.2) is 18.2 Å². The predicted octanol–water partition coefficient (Wildman–Crippen LogP) is 0.529. The number of anilines is 1. The number of piperidine rings is 1. The third-order valence-electron chi connectivity index (χ3n) is 5.80. The van der Waals surface area contributed by atoms with Crippen LogP contribution in [0.25, 0.3) is 0 Å². The summed E-state index contributed by atoms with van der Waals surface area (Å²) in [5, 5.41) is 3.27. The third kappa shape index (κ3) is 2.80. The third-order valence-corrected chi connectivity index (χ3v) is 8.08. The maximum atomic E-state index is 13.6. The maximum Gasteiger partial charge on any atom is 0.321 e. The van der Waals surface area contributed by atoms with Crippen LogP contribution >= 0.6 is 0 Å². The van der Waals surface area contributed by atoms with Crippen molar-refractivity contribution in [2.75, 3.05) is 24.4 Å². The van der Waals surface area contributed by atoms with E-state index in [1.807, 2.05) is 32.2 Å². The molecular weight excluding hydrogens is 368 g/mol. The Morgan fingerprint density at radius 2 is 1.96 bits per heavy atom. The van der Waals surface area contributed by atoms with Crippen LogP contribution < -0.4 is 14.9 Å². The van der Waals surface area contributed by atoms with Crippen molar-refractivity contribution in [3.05, 3.63) is 29.3 Å². The summed E-state index contributed by atoms with van der Waals surface area (Å²) >= 11 is 0. The molecule has 1 aromatic rings. The number of hydrogen-bond donors (Lipinski definition) is 2. The highest BCUT2D eigenvalue weighted by Crippen LogP contribution is 2.47. The first-order valence-corrected chi connectivity index (χ1v) is 10.6. The summed E-state index contributed by atoms with van der Waals surface area (Å²) in [5.41, 5.74) is 2.75. The lowest BCUT2D eigenvalue weighted by atomic mass is 9.89. The van der Waals surface area contributed by atoms with Crippen molar-refractivity contribution in [3.8, 4) is 0 Å². The van der Waals surface area contributed by atoms with E-state index >= 15 is 0 Å². The largest absolute Gasteiger partial charge is 0.333 e. The van der Waals surface area contributed by atoms with Crippen molar-refractivity contribution >= 4 is 27.6 Å². The Bertz CT molecular complexity index is 916. The number of urea groups is 1. The fourth-order valence-corrected chi connectivity index (χ4v) is 6.84. The van der Waals surface area contributed by atoms with Crippen LogP contribution in [0.2, 0.25) is 0 Å². The fourth-order valence-electron chi connectivity index (χ4n) is 4.61. The van der Waals surface area contributed by atoms with Crippen molar-refractivity contribution in [2.45, 2.75) is 43.5 Å². The summed E-state index contributed by atoms with van der Waals surface area (Å²) in [4.78, 5) is 26.1. The second kappa shape index (κ2) is 6.20. The molecule has 3 aliphatic rings. The Balaban J connectivity index is 1.80. The number of rotatable bonds is 2. The zero-order chi connectivity index (χ0) is 19.5. The van der Waals surface area contributed by atoms with E-state index in [-0.39, 0.29) is 12.0 Å². The minimum absolute atomic E-state index is 0.0741. The SMILES string of the molecule is Cc1ccc2c(c1)C1CN(C)CCC1N2S(=O)(=O)C1C(=O)NC(=O)NC1C. The molecule has 27 heavy (non-hydrogen) atoms. The number of carbonyl (C=O) groups excluding carboxylic acids is 2. The van der Waals surface area contributed by atoms with E-state index in [9.17, 15) is 18.0 Å². The van der Waals surface area contributed by atoms with Crippen LogP contribution in [0.1, 0.15) is 30.4 Å². The Labute approximate surface area is 158 Å². The lowest BCUT2D eigenvalue weighted by Crippen LogP contribution is -2.65. The van der Waals surface area contributed by atoms with Gasteiger partial charge in [0.25, 0.3) is 0 Å². The van der Waals surface area contributed by atoms with Crippen LogP contribution in [0.3, 0.4) is 0 Å². The van der Waals surface area contributed by atoms with E-state index in [4.69, 9.17) is 0 Å². The van der Waals surface area contributed by atoms with Gasteiger partial charge in [-0.2, -0.15) is 0 Å². The van der Waals surface area contributed by atoms with E-state index < -0.39 is 33.3 Å². The van der Waals surface area contributed by atoms with Gasteiger partial charge in [-0.15, -0.1) is 0 Å². The molecular formula is C18H24N4O4S. The second-order valence-electron chi connectivity index (χ2n) is 7.80. The molecule has 1 aromatic carbocycles. The van der Waals surface area contributed by atoms with Gasteiger partial charge in [0, 0.05) is 12.5 Å². The van der Waals surface area contributed by atoms with Gasteiger partial charge in [-0.25, -0.2) is 13.2 Å². The second-order valence-corrected chi connectivity index (χ2v) is 9.73. The average Bonchev–Trinajstić information content (AvgIpc) is 2.87. The molecule has 3 amide bonds. The maximum absolute atomic E-state index is 13.6. The Hall–Kier alpha value is -2.13. The van der Waals surface area contributed by atoms with E-state index in [1.165, 1.54) is 4.31 Å². The number of imide groups is 1. The van der Waals surface area contributed by atoms with Crippen molar-refractivity contribution in [2.24, 2.45) is 0 Å². The van der Waals surface area contributed by atoms with Gasteiger partial charge in [-0.05, 0) is 45.5 Å². The Morgan fingerprint density at radius 3 is 2.67 bits per heavy atom. The molecule has 0 aliphatic carbocycles. The zero-order valence-corrected chi connectivity index (χ0v) is 16.4. The van der Waals surface area contributed by atoms with Crippen LogP contribution in [-0.4, -0.2) is 62.7 Å². The molecule has 0 saturated carbocycles. The molecule has 3 heterocycles. The number of nitrogens with one attached hydrogen (secondary N) is 2. The summed E-state index contributed by atoms with van der Waals surface area (Å²) < 4.78 is 28.7. The number of nitrogens with zero attached hydrogens (tertiary/aromatic N) is 2. The topological polar surface area (TPSA) is 98.8 Å². The normalized spacial score (nSPS) is 31.1. The minimum atomic E-state index is -4.01. The number of sulfonamides is 1. The number of benzene rings is 1. The van der Waals surface area contributed by atoms with Crippen molar-refractivity contribution in [1.82, 2.24) is 15.5 Å². The predicted molar refractivity (Wildman–Crippen MR) is 101 cm³/mol. The molecule has 0 bridgehead atoms. The quantitative estimate of drug-likeness (QED) is 0.765. The molecule has 2 saturated heterocycles. The monoisotopic (exact) mass is 392 g/mol. The lowest BCUT2D eigenvalue weighted by Gasteiger charge is -2.39. The van der Waals surface area contributed by atoms with Crippen LogP contribution in [0.5, 0.6) is 0 Å². The molecule has 2 fully saturated rings.